The lowest BCUT2D eigenvalue weighted by Gasteiger charge is -2.37. The molecule has 2 unspecified atom stereocenters. The van der Waals surface area contributed by atoms with Crippen molar-refractivity contribution in [3.8, 4) is 5.75 Å². The number of piperazine rings is 1. The van der Waals surface area contributed by atoms with Crippen LogP contribution in [0.5, 0.6) is 5.75 Å². The third-order valence-electron chi connectivity index (χ3n) is 6.26. The number of methoxy groups -OCH3 is 1. The Morgan fingerprint density at radius 1 is 1.11 bits per heavy atom. The fourth-order valence-corrected chi connectivity index (χ4v) is 4.79. The van der Waals surface area contributed by atoms with Crippen LogP contribution in [-0.2, 0) is 12.8 Å². The number of aromatic nitrogens is 2. The number of carbonyl (C=O) groups excluding carboxylic acids is 1. The summed E-state index contributed by atoms with van der Waals surface area (Å²) in [6, 6.07) is 12.8. The molecule has 2 heterocycles. The van der Waals surface area contributed by atoms with Crippen molar-refractivity contribution >= 4 is 34.8 Å². The van der Waals surface area contributed by atoms with Gasteiger partial charge < -0.3 is 25.6 Å². The van der Waals surface area contributed by atoms with Crippen LogP contribution in [0.3, 0.4) is 0 Å². The number of benzene rings is 2. The van der Waals surface area contributed by atoms with Crippen molar-refractivity contribution in [2.24, 2.45) is 0 Å². The number of anilines is 3. The number of halogens is 1. The highest BCUT2D eigenvalue weighted by Gasteiger charge is 2.21. The first-order valence-corrected chi connectivity index (χ1v) is 12.5. The predicted molar refractivity (Wildman–Crippen MR) is 145 cm³/mol. The number of amides is 1. The van der Waals surface area contributed by atoms with Crippen LogP contribution in [0, 0.1) is 0 Å². The van der Waals surface area contributed by atoms with Crippen LogP contribution in [-0.4, -0.2) is 55.2 Å². The Morgan fingerprint density at radius 3 is 2.39 bits per heavy atom. The zero-order valence-corrected chi connectivity index (χ0v) is 21.9. The predicted octanol–water partition coefficient (Wildman–Crippen LogP) is 4.21. The molecule has 1 amide bonds. The van der Waals surface area contributed by atoms with Gasteiger partial charge in [0.05, 0.1) is 12.1 Å². The summed E-state index contributed by atoms with van der Waals surface area (Å²) in [5.41, 5.74) is 4.47. The maximum absolute atomic E-state index is 12.1. The standard InChI is InChI=1S/C27H33ClN6O2/c1-17-15-34(16-18(2)32-17)23-9-7-22(8-10-23)33-27-30-13-19(14-31-27)5-6-20-11-21(26(35)29-3)12-24(36-4)25(20)28/h7-14,17-18,32H,5-6,15-16H2,1-4H3,(H,29,35)(H,30,31,33). The zero-order valence-electron chi connectivity index (χ0n) is 21.1. The van der Waals surface area contributed by atoms with Gasteiger partial charge in [-0.1, -0.05) is 11.6 Å². The Balaban J connectivity index is 1.37. The quantitative estimate of drug-likeness (QED) is 0.419. The van der Waals surface area contributed by atoms with Gasteiger partial charge in [0.25, 0.3) is 5.91 Å². The van der Waals surface area contributed by atoms with Crippen LogP contribution >= 0.6 is 11.6 Å². The minimum absolute atomic E-state index is 0.185. The highest BCUT2D eigenvalue weighted by molar-refractivity contribution is 6.33. The van der Waals surface area contributed by atoms with Crippen LogP contribution < -0.4 is 25.6 Å². The molecule has 0 radical (unpaired) electrons. The minimum Gasteiger partial charge on any atom is -0.495 e. The molecule has 3 N–H and O–H groups in total. The number of carbonyl (C=O) groups is 1. The minimum atomic E-state index is -0.185. The van der Waals surface area contributed by atoms with Crippen molar-refractivity contribution in [2.75, 3.05) is 37.5 Å². The first-order chi connectivity index (χ1) is 17.4. The summed E-state index contributed by atoms with van der Waals surface area (Å²) in [4.78, 5) is 23.4. The average Bonchev–Trinajstić information content (AvgIpc) is 2.88. The van der Waals surface area contributed by atoms with E-state index in [0.717, 1.165) is 29.9 Å². The van der Waals surface area contributed by atoms with E-state index in [-0.39, 0.29) is 5.91 Å². The van der Waals surface area contributed by atoms with E-state index in [2.05, 4.69) is 68.9 Å². The summed E-state index contributed by atoms with van der Waals surface area (Å²) in [5.74, 6) is 0.836. The molecular weight excluding hydrogens is 476 g/mol. The molecule has 0 bridgehead atoms. The first kappa shape index (κ1) is 25.7. The largest absolute Gasteiger partial charge is 0.495 e. The lowest BCUT2D eigenvalue weighted by Crippen LogP contribution is -2.54. The van der Waals surface area contributed by atoms with E-state index in [4.69, 9.17) is 16.3 Å². The highest BCUT2D eigenvalue weighted by Crippen LogP contribution is 2.31. The van der Waals surface area contributed by atoms with Crippen molar-refractivity contribution in [3.05, 3.63) is 70.5 Å². The van der Waals surface area contributed by atoms with Gasteiger partial charge in [-0.25, -0.2) is 9.97 Å². The van der Waals surface area contributed by atoms with Gasteiger partial charge in [0.1, 0.15) is 5.75 Å². The number of ether oxygens (including phenoxy) is 1. The van der Waals surface area contributed by atoms with Gasteiger partial charge in [-0.15, -0.1) is 0 Å². The fourth-order valence-electron chi connectivity index (χ4n) is 4.51. The van der Waals surface area contributed by atoms with Gasteiger partial charge in [0.15, 0.2) is 0 Å². The van der Waals surface area contributed by atoms with Crippen molar-refractivity contribution in [2.45, 2.75) is 38.8 Å². The second kappa shape index (κ2) is 11.6. The number of aryl methyl sites for hydroxylation is 2. The van der Waals surface area contributed by atoms with E-state index < -0.39 is 0 Å². The monoisotopic (exact) mass is 508 g/mol. The smallest absolute Gasteiger partial charge is 0.251 e. The van der Waals surface area contributed by atoms with E-state index in [1.54, 1.807) is 31.6 Å². The Morgan fingerprint density at radius 2 is 1.78 bits per heavy atom. The lowest BCUT2D eigenvalue weighted by atomic mass is 10.0. The van der Waals surface area contributed by atoms with E-state index in [9.17, 15) is 4.79 Å². The topological polar surface area (TPSA) is 91.4 Å². The van der Waals surface area contributed by atoms with Crippen molar-refractivity contribution in [1.82, 2.24) is 20.6 Å². The van der Waals surface area contributed by atoms with Crippen molar-refractivity contribution < 1.29 is 9.53 Å². The summed E-state index contributed by atoms with van der Waals surface area (Å²) in [7, 11) is 3.13. The third-order valence-corrected chi connectivity index (χ3v) is 6.69. The number of nitrogens with one attached hydrogen (secondary N) is 3. The van der Waals surface area contributed by atoms with E-state index in [1.807, 2.05) is 0 Å². The zero-order chi connectivity index (χ0) is 25.7. The lowest BCUT2D eigenvalue weighted by molar-refractivity contribution is 0.0962. The molecule has 1 saturated heterocycles. The average molecular weight is 509 g/mol. The Hall–Kier alpha value is -3.36. The molecule has 190 valence electrons. The molecule has 4 rings (SSSR count). The van der Waals surface area contributed by atoms with Gasteiger partial charge in [-0.2, -0.15) is 0 Å². The summed E-state index contributed by atoms with van der Waals surface area (Å²) < 4.78 is 5.35. The fraction of sp³-hybridized carbons (Fsp3) is 0.370. The summed E-state index contributed by atoms with van der Waals surface area (Å²) in [6.07, 6.45) is 4.92. The van der Waals surface area contributed by atoms with Gasteiger partial charge in [0.2, 0.25) is 5.95 Å². The molecule has 1 aliphatic heterocycles. The molecule has 1 fully saturated rings. The molecule has 8 nitrogen and oxygen atoms in total. The highest BCUT2D eigenvalue weighted by atomic mass is 35.5. The molecule has 0 aliphatic carbocycles. The normalized spacial score (nSPS) is 17.5. The van der Waals surface area contributed by atoms with Crippen molar-refractivity contribution in [1.29, 1.82) is 0 Å². The first-order valence-electron chi connectivity index (χ1n) is 12.1. The van der Waals surface area contributed by atoms with Gasteiger partial charge in [0, 0.05) is 61.6 Å². The van der Waals surface area contributed by atoms with Gasteiger partial charge in [-0.05, 0) is 74.2 Å². The van der Waals surface area contributed by atoms with Crippen LogP contribution in [0.15, 0.2) is 48.8 Å². The van der Waals surface area contributed by atoms with Gasteiger partial charge >= 0.3 is 0 Å². The Bertz CT molecular complexity index is 1180. The molecule has 1 aromatic heterocycles. The molecular formula is C27H33ClN6O2. The van der Waals surface area contributed by atoms with E-state index in [0.29, 0.717) is 47.2 Å². The third kappa shape index (κ3) is 6.25. The van der Waals surface area contributed by atoms with Crippen LogP contribution in [0.2, 0.25) is 5.02 Å². The SMILES string of the molecule is CNC(=O)c1cc(CCc2cnc(Nc3ccc(N4CC(C)NC(C)C4)cc3)nc2)c(Cl)c(OC)c1. The molecule has 36 heavy (non-hydrogen) atoms. The Kier molecular flexibility index (Phi) is 8.28. The Labute approximate surface area is 217 Å². The van der Waals surface area contributed by atoms with Crippen LogP contribution in [0.4, 0.5) is 17.3 Å². The summed E-state index contributed by atoms with van der Waals surface area (Å²) in [6.45, 7) is 6.42. The van der Waals surface area contributed by atoms with Crippen LogP contribution in [0.25, 0.3) is 0 Å². The summed E-state index contributed by atoms with van der Waals surface area (Å²) >= 11 is 6.48. The molecule has 2 atom stereocenters. The van der Waals surface area contributed by atoms with Crippen molar-refractivity contribution in [3.63, 3.8) is 0 Å². The second-order valence-electron chi connectivity index (χ2n) is 9.19. The molecule has 3 aromatic rings. The second-order valence-corrected chi connectivity index (χ2v) is 9.57. The number of nitrogens with zero attached hydrogens (tertiary/aromatic N) is 3. The molecule has 9 heteroatoms. The number of rotatable bonds is 8. The van der Waals surface area contributed by atoms with Crippen LogP contribution in [0.1, 0.15) is 35.3 Å². The van der Waals surface area contributed by atoms with Gasteiger partial charge in [-0.3, -0.25) is 4.79 Å². The molecule has 2 aromatic carbocycles. The molecule has 0 saturated carbocycles. The maximum Gasteiger partial charge on any atom is 0.251 e. The molecule has 1 aliphatic rings. The number of hydrogen-bond donors (Lipinski definition) is 3. The number of hydrogen-bond acceptors (Lipinski definition) is 7. The summed E-state index contributed by atoms with van der Waals surface area (Å²) in [5, 5.41) is 9.98. The molecule has 0 spiro atoms. The van der Waals surface area contributed by atoms with E-state index in [1.165, 1.54) is 12.8 Å². The maximum atomic E-state index is 12.1. The van der Waals surface area contributed by atoms with E-state index >= 15 is 0 Å².